The van der Waals surface area contributed by atoms with Gasteiger partial charge in [0, 0.05) is 0 Å². The molecule has 11 heteroatoms. The summed E-state index contributed by atoms with van der Waals surface area (Å²) < 4.78 is 11.1. The highest BCUT2D eigenvalue weighted by Crippen LogP contribution is 2.23. The highest BCUT2D eigenvalue weighted by molar-refractivity contribution is 5.80. The fraction of sp³-hybridized carbons (Fsp3) is 0.978. The molecule has 1 aliphatic heterocycles. The number of unbranched alkanes of at least 4 members (excludes halogenated alkanes) is 28. The van der Waals surface area contributed by atoms with Crippen molar-refractivity contribution in [2.45, 2.75) is 274 Å². The van der Waals surface area contributed by atoms with Crippen LogP contribution >= 0.6 is 0 Å². The van der Waals surface area contributed by atoms with Gasteiger partial charge in [-0.1, -0.05) is 206 Å². The molecule has 0 aliphatic carbocycles. The molecule has 1 aliphatic rings. The van der Waals surface area contributed by atoms with E-state index in [9.17, 15) is 40.5 Å². The third kappa shape index (κ3) is 26.8. The Balaban J connectivity index is 2.37. The second kappa shape index (κ2) is 36.9. The molecule has 0 radical (unpaired) electrons. The largest absolute Gasteiger partial charge is 0.394 e. The number of amides is 1. The van der Waals surface area contributed by atoms with Gasteiger partial charge in [-0.25, -0.2) is 0 Å². The topological polar surface area (TPSA) is 189 Å². The van der Waals surface area contributed by atoms with E-state index in [0.29, 0.717) is 19.3 Å². The Bertz CT molecular complexity index is 897. The van der Waals surface area contributed by atoms with E-state index >= 15 is 0 Å². The first-order valence-electron chi connectivity index (χ1n) is 23.9. The van der Waals surface area contributed by atoms with Crippen LogP contribution in [-0.4, -0.2) is 110 Å². The van der Waals surface area contributed by atoms with Crippen LogP contribution in [0.3, 0.4) is 0 Å². The van der Waals surface area contributed by atoms with E-state index in [1.165, 1.54) is 141 Å². The first-order valence-corrected chi connectivity index (χ1v) is 23.9. The lowest BCUT2D eigenvalue weighted by Gasteiger charge is -2.40. The summed E-state index contributed by atoms with van der Waals surface area (Å²) in [6.07, 6.45) is 25.9. The maximum atomic E-state index is 13.1. The van der Waals surface area contributed by atoms with Crippen molar-refractivity contribution in [1.29, 1.82) is 0 Å². The average molecular weight is 818 g/mol. The minimum Gasteiger partial charge on any atom is -0.394 e. The molecule has 0 unspecified atom stereocenters. The maximum Gasteiger partial charge on any atom is 0.249 e. The molecule has 0 aromatic heterocycles. The minimum absolute atomic E-state index is 0.266. The second-order valence-corrected chi connectivity index (χ2v) is 17.2. The molecule has 0 bridgehead atoms. The van der Waals surface area contributed by atoms with Gasteiger partial charge in [-0.05, 0) is 12.8 Å². The normalized spacial score (nSPS) is 22.0. The number of rotatable bonds is 40. The van der Waals surface area contributed by atoms with Crippen molar-refractivity contribution in [3.63, 3.8) is 0 Å². The first-order chi connectivity index (χ1) is 27.7. The van der Waals surface area contributed by atoms with Crippen LogP contribution < -0.4 is 5.32 Å². The molecule has 57 heavy (non-hydrogen) atoms. The summed E-state index contributed by atoms with van der Waals surface area (Å²) in [7, 11) is 0. The molecule has 340 valence electrons. The van der Waals surface area contributed by atoms with E-state index in [1.807, 2.05) is 0 Å². The highest BCUT2D eigenvalue weighted by Gasteiger charge is 2.44. The van der Waals surface area contributed by atoms with Crippen LogP contribution in [0.5, 0.6) is 0 Å². The van der Waals surface area contributed by atoms with E-state index in [2.05, 4.69) is 19.2 Å². The van der Waals surface area contributed by atoms with Gasteiger partial charge in [0.05, 0.1) is 25.4 Å². The van der Waals surface area contributed by atoms with Gasteiger partial charge in [0.15, 0.2) is 6.29 Å². The van der Waals surface area contributed by atoms with Gasteiger partial charge in [0.2, 0.25) is 5.91 Å². The Hall–Kier alpha value is -0.890. The van der Waals surface area contributed by atoms with Gasteiger partial charge in [0.1, 0.15) is 36.6 Å². The van der Waals surface area contributed by atoms with Crippen LogP contribution in [0.25, 0.3) is 0 Å². The minimum atomic E-state index is -1.65. The van der Waals surface area contributed by atoms with Crippen molar-refractivity contribution in [1.82, 2.24) is 5.32 Å². The molecule has 1 amide bonds. The molecule has 0 spiro atoms. The third-order valence-electron chi connectivity index (χ3n) is 11.9. The van der Waals surface area contributed by atoms with Gasteiger partial charge in [-0.2, -0.15) is 0 Å². The average Bonchev–Trinajstić information content (AvgIpc) is 3.21. The summed E-state index contributed by atoms with van der Waals surface area (Å²) in [5, 5.41) is 75.6. The van der Waals surface area contributed by atoms with Crippen LogP contribution in [0.2, 0.25) is 0 Å². The van der Waals surface area contributed by atoms with Gasteiger partial charge >= 0.3 is 0 Å². The summed E-state index contributed by atoms with van der Waals surface area (Å²) in [5.74, 6) is -0.694. The lowest BCUT2D eigenvalue weighted by molar-refractivity contribution is -0.303. The van der Waals surface area contributed by atoms with E-state index < -0.39 is 74.2 Å². The van der Waals surface area contributed by atoms with Crippen LogP contribution in [0.4, 0.5) is 0 Å². The summed E-state index contributed by atoms with van der Waals surface area (Å²) in [5.41, 5.74) is 0. The Kier molecular flexibility index (Phi) is 35.1. The van der Waals surface area contributed by atoms with Crippen molar-refractivity contribution in [2.24, 2.45) is 0 Å². The monoisotopic (exact) mass is 818 g/mol. The van der Waals surface area contributed by atoms with Crippen molar-refractivity contribution in [3.05, 3.63) is 0 Å². The van der Waals surface area contributed by atoms with Crippen LogP contribution in [0.1, 0.15) is 219 Å². The van der Waals surface area contributed by atoms with Crippen molar-refractivity contribution < 1.29 is 50.0 Å². The second-order valence-electron chi connectivity index (χ2n) is 17.2. The molecule has 1 saturated heterocycles. The van der Waals surface area contributed by atoms with Crippen molar-refractivity contribution >= 4 is 5.91 Å². The number of aliphatic hydroxyl groups is 7. The summed E-state index contributed by atoms with van der Waals surface area (Å²) in [4.78, 5) is 13.1. The van der Waals surface area contributed by atoms with Gasteiger partial charge < -0.3 is 50.5 Å². The van der Waals surface area contributed by atoms with E-state index in [-0.39, 0.29) is 6.42 Å². The zero-order chi connectivity index (χ0) is 41.9. The Morgan fingerprint density at radius 3 is 1.30 bits per heavy atom. The number of ether oxygens (including phenoxy) is 2. The Morgan fingerprint density at radius 1 is 0.544 bits per heavy atom. The number of hydrogen-bond donors (Lipinski definition) is 8. The lowest BCUT2D eigenvalue weighted by atomic mass is 9.98. The van der Waals surface area contributed by atoms with Crippen LogP contribution in [-0.2, 0) is 14.3 Å². The maximum absolute atomic E-state index is 13.1. The number of nitrogens with one attached hydrogen (secondary N) is 1. The fourth-order valence-electron chi connectivity index (χ4n) is 7.91. The quantitative estimate of drug-likeness (QED) is 0.0283. The van der Waals surface area contributed by atoms with E-state index in [4.69, 9.17) is 9.47 Å². The molecule has 1 heterocycles. The standard InChI is InChI=1S/C46H91NO10/c1-3-5-7-9-11-13-15-16-17-18-19-20-21-22-23-24-26-28-30-32-34-39(50)45(55)47-37(36-56-46-44(54)43(53)42(52)40(35-48)57-46)41(51)38(49)33-31-29-27-25-14-12-10-8-6-4-2/h37-44,46,48-54H,3-36H2,1-2H3,(H,47,55)/t37-,38+,39-,40+,41-,42-,43-,44+,46-/m0/s1. The predicted octanol–water partition coefficient (Wildman–Crippen LogP) is 7.89. The summed E-state index contributed by atoms with van der Waals surface area (Å²) in [6.45, 7) is 3.43. The molecule has 11 nitrogen and oxygen atoms in total. The molecule has 1 fully saturated rings. The van der Waals surface area contributed by atoms with Gasteiger partial charge in [-0.3, -0.25) is 4.79 Å². The molecule has 0 saturated carbocycles. The van der Waals surface area contributed by atoms with Crippen LogP contribution in [0, 0.1) is 0 Å². The summed E-state index contributed by atoms with van der Waals surface area (Å²) >= 11 is 0. The Morgan fingerprint density at radius 2 is 0.912 bits per heavy atom. The smallest absolute Gasteiger partial charge is 0.249 e. The number of carbonyl (C=O) groups is 1. The van der Waals surface area contributed by atoms with Gasteiger partial charge in [-0.15, -0.1) is 0 Å². The molecule has 9 atom stereocenters. The molecular formula is C46H91NO10. The third-order valence-corrected chi connectivity index (χ3v) is 11.9. The van der Waals surface area contributed by atoms with E-state index in [1.54, 1.807) is 0 Å². The SMILES string of the molecule is CCCCCCCCCCCCCCCCCCCCCC[C@H](O)C(=O)N[C@@H](CO[C@H]1O[C@H](CO)[C@H](O)[C@H](O)[C@H]1O)[C@H](O)[C@H](O)CCCCCCCCCCCC. The molecule has 0 aromatic rings. The molecule has 0 aromatic carbocycles. The zero-order valence-corrected chi connectivity index (χ0v) is 36.6. The molecule has 1 rings (SSSR count). The predicted molar refractivity (Wildman–Crippen MR) is 229 cm³/mol. The molecule has 8 N–H and O–H groups in total. The van der Waals surface area contributed by atoms with E-state index in [0.717, 1.165) is 38.5 Å². The van der Waals surface area contributed by atoms with Gasteiger partial charge in [0.25, 0.3) is 0 Å². The summed E-state index contributed by atoms with van der Waals surface area (Å²) in [6, 6.07) is -1.16. The van der Waals surface area contributed by atoms with Crippen molar-refractivity contribution in [2.75, 3.05) is 13.2 Å². The lowest BCUT2D eigenvalue weighted by Crippen LogP contribution is -2.60. The molecular weight excluding hydrogens is 727 g/mol. The number of carbonyl (C=O) groups excluding carboxylic acids is 1. The number of aliphatic hydroxyl groups excluding tert-OH is 7. The number of hydrogen-bond acceptors (Lipinski definition) is 10. The Labute approximate surface area is 348 Å². The fourth-order valence-corrected chi connectivity index (χ4v) is 7.91. The highest BCUT2D eigenvalue weighted by atomic mass is 16.7. The van der Waals surface area contributed by atoms with Crippen molar-refractivity contribution in [3.8, 4) is 0 Å². The zero-order valence-electron chi connectivity index (χ0n) is 36.6. The first kappa shape index (κ1) is 54.1. The van der Waals surface area contributed by atoms with Crippen LogP contribution in [0.15, 0.2) is 0 Å².